The lowest BCUT2D eigenvalue weighted by molar-refractivity contribution is 0.0567. The molecule has 4 heterocycles. The Morgan fingerprint density at radius 2 is 2.19 bits per heavy atom. The summed E-state index contributed by atoms with van der Waals surface area (Å²) < 4.78 is 25.3. The Kier molecular flexibility index (Phi) is 7.65. The minimum absolute atomic E-state index is 0.0975. The first-order chi connectivity index (χ1) is 17.6. The summed E-state index contributed by atoms with van der Waals surface area (Å²) in [5.74, 6) is 0.713. The van der Waals surface area contributed by atoms with Crippen molar-refractivity contribution in [2.45, 2.75) is 38.8 Å². The van der Waals surface area contributed by atoms with Crippen molar-refractivity contribution < 1.29 is 13.2 Å². The van der Waals surface area contributed by atoms with Gasteiger partial charge in [0.15, 0.2) is 0 Å². The highest BCUT2D eigenvalue weighted by atomic mass is 32.2. The maximum Gasteiger partial charge on any atom is 0.270 e. The maximum atomic E-state index is 13.4. The van der Waals surface area contributed by atoms with Crippen molar-refractivity contribution in [3.05, 3.63) is 47.4 Å². The monoisotopic (exact) mass is 524 g/mol. The van der Waals surface area contributed by atoms with Gasteiger partial charge in [-0.25, -0.2) is 18.4 Å². The first kappa shape index (κ1) is 26.4. The van der Waals surface area contributed by atoms with Gasteiger partial charge < -0.3 is 20.9 Å². The number of pyridine rings is 2. The molecule has 0 radical (unpaired) electrons. The zero-order valence-corrected chi connectivity index (χ0v) is 22.0. The molecule has 196 valence electrons. The third kappa shape index (κ3) is 5.52. The summed E-state index contributed by atoms with van der Waals surface area (Å²) in [6.45, 7) is 3.58. The van der Waals surface area contributed by atoms with Crippen molar-refractivity contribution in [3.63, 3.8) is 0 Å². The number of H-pyrrole nitrogens is 1. The van der Waals surface area contributed by atoms with Crippen LogP contribution in [0, 0.1) is 17.2 Å². The largest absolute Gasteiger partial charge is 0.379 e. The average Bonchev–Trinajstić information content (AvgIpc) is 3.31. The van der Waals surface area contributed by atoms with Gasteiger partial charge in [0.1, 0.15) is 23.2 Å². The summed E-state index contributed by atoms with van der Waals surface area (Å²) in [5, 5.41) is 13.6. The van der Waals surface area contributed by atoms with Gasteiger partial charge in [-0.3, -0.25) is 9.10 Å². The number of piperidine rings is 1. The number of nitriles is 1. The summed E-state index contributed by atoms with van der Waals surface area (Å²) in [6, 6.07) is 7.45. The Labute approximate surface area is 216 Å². The number of nitrogens with two attached hydrogens (primary N) is 1. The molecular formula is C25H32N8O3S. The quantitative estimate of drug-likeness (QED) is 0.405. The molecule has 4 N–H and O–H groups in total. The molecule has 0 aliphatic carbocycles. The summed E-state index contributed by atoms with van der Waals surface area (Å²) in [7, 11) is -2.07. The highest BCUT2D eigenvalue weighted by Crippen LogP contribution is 2.30. The molecule has 4 rings (SSSR count). The summed E-state index contributed by atoms with van der Waals surface area (Å²) >= 11 is 0. The summed E-state index contributed by atoms with van der Waals surface area (Å²) in [5.41, 5.74) is 8.06. The first-order valence-electron chi connectivity index (χ1n) is 12.2. The topological polar surface area (TPSA) is 161 Å². The molecule has 3 aromatic rings. The van der Waals surface area contributed by atoms with Crippen LogP contribution in [0.4, 0.5) is 11.5 Å². The van der Waals surface area contributed by atoms with E-state index in [0.29, 0.717) is 58.4 Å². The molecule has 1 saturated heterocycles. The van der Waals surface area contributed by atoms with Crippen molar-refractivity contribution in [2.75, 3.05) is 36.0 Å². The fourth-order valence-corrected chi connectivity index (χ4v) is 5.36. The molecule has 1 aliphatic rings. The lowest BCUT2D eigenvalue weighted by Gasteiger charge is -2.37. The smallest absolute Gasteiger partial charge is 0.270 e. The van der Waals surface area contributed by atoms with Gasteiger partial charge in [-0.05, 0) is 50.8 Å². The van der Waals surface area contributed by atoms with Crippen LogP contribution in [0.3, 0.4) is 0 Å². The minimum Gasteiger partial charge on any atom is -0.379 e. The highest BCUT2D eigenvalue weighted by Gasteiger charge is 2.30. The van der Waals surface area contributed by atoms with Gasteiger partial charge in [0.2, 0.25) is 10.0 Å². The van der Waals surface area contributed by atoms with Gasteiger partial charge in [-0.1, -0.05) is 6.07 Å². The number of hydrogen-bond acceptors (Lipinski definition) is 8. The van der Waals surface area contributed by atoms with Crippen molar-refractivity contribution in [1.82, 2.24) is 19.9 Å². The number of carbonyl (C=O) groups excluding carboxylic acids is 1. The number of hydrogen-bond donors (Lipinski definition) is 3. The number of nitrogens with zero attached hydrogens (tertiary/aromatic N) is 5. The number of aromatic nitrogens is 3. The SMILES string of the molecule is C[C@H]1CC(CCN)CCN1C(=O)c1cc2c(NCc3cccnc3N(C)S(C)(=O)=O)c(C#N)cnc2[nH]1. The van der Waals surface area contributed by atoms with E-state index in [1.807, 2.05) is 4.90 Å². The van der Waals surface area contributed by atoms with E-state index in [0.717, 1.165) is 29.8 Å². The standard InChI is InChI=1S/C25H32N8O3S/c1-16-11-17(6-8-26)7-10-33(16)25(34)21-12-20-22(19(13-27)15-30-23(20)31-21)29-14-18-5-4-9-28-24(18)32(2)37(3,35)36/h4-5,9,12,15-17H,6-8,10-11,14,26H2,1-3H3,(H2,29,30,31)/t16-,17?/m0/s1. The molecule has 1 aliphatic heterocycles. The molecule has 1 fully saturated rings. The van der Waals surface area contributed by atoms with Crippen molar-refractivity contribution in [3.8, 4) is 6.07 Å². The van der Waals surface area contributed by atoms with E-state index < -0.39 is 10.0 Å². The highest BCUT2D eigenvalue weighted by molar-refractivity contribution is 7.92. The van der Waals surface area contributed by atoms with Gasteiger partial charge in [0, 0.05) is 49.5 Å². The third-order valence-electron chi connectivity index (χ3n) is 6.95. The predicted octanol–water partition coefficient (Wildman–Crippen LogP) is 2.43. The van der Waals surface area contributed by atoms with Gasteiger partial charge in [0.05, 0.1) is 17.5 Å². The van der Waals surface area contributed by atoms with E-state index in [-0.39, 0.29) is 18.5 Å². The zero-order valence-electron chi connectivity index (χ0n) is 21.2. The second-order valence-electron chi connectivity index (χ2n) is 9.49. The lowest BCUT2D eigenvalue weighted by atomic mass is 9.89. The van der Waals surface area contributed by atoms with Crippen LogP contribution in [-0.2, 0) is 16.6 Å². The number of aromatic amines is 1. The van der Waals surface area contributed by atoms with Crippen molar-refractivity contribution in [2.24, 2.45) is 11.7 Å². The Morgan fingerprint density at radius 3 is 2.86 bits per heavy atom. The third-order valence-corrected chi connectivity index (χ3v) is 8.12. The number of anilines is 2. The fraction of sp³-hybridized carbons (Fsp3) is 0.440. The van der Waals surface area contributed by atoms with E-state index in [4.69, 9.17) is 5.73 Å². The van der Waals surface area contributed by atoms with Crippen LogP contribution in [0.15, 0.2) is 30.6 Å². The number of fused-ring (bicyclic) bond motifs is 1. The molecule has 0 spiro atoms. The molecule has 0 saturated carbocycles. The molecule has 3 aromatic heterocycles. The Balaban J connectivity index is 1.62. The Morgan fingerprint density at radius 1 is 1.41 bits per heavy atom. The molecule has 12 heteroatoms. The van der Waals surface area contributed by atoms with Crippen LogP contribution in [0.1, 0.15) is 47.8 Å². The number of likely N-dealkylation sites (tertiary alicyclic amines) is 1. The minimum atomic E-state index is -3.51. The molecule has 0 aromatic carbocycles. The predicted molar refractivity (Wildman–Crippen MR) is 143 cm³/mol. The Bertz CT molecular complexity index is 1450. The van der Waals surface area contributed by atoms with Gasteiger partial charge in [-0.15, -0.1) is 0 Å². The normalized spacial score (nSPS) is 18.0. The second-order valence-corrected chi connectivity index (χ2v) is 11.5. The van der Waals surface area contributed by atoms with Crippen LogP contribution in [0.2, 0.25) is 0 Å². The summed E-state index contributed by atoms with van der Waals surface area (Å²) in [4.78, 5) is 27.0. The summed E-state index contributed by atoms with van der Waals surface area (Å²) in [6.07, 6.45) is 6.89. The average molecular weight is 525 g/mol. The maximum absolute atomic E-state index is 13.4. The van der Waals surface area contributed by atoms with Crippen LogP contribution >= 0.6 is 0 Å². The van der Waals surface area contributed by atoms with Crippen LogP contribution in [0.25, 0.3) is 11.0 Å². The Hall–Kier alpha value is -3.69. The number of amides is 1. The fourth-order valence-electron chi connectivity index (χ4n) is 4.88. The number of nitrogens with one attached hydrogen (secondary N) is 2. The van der Waals surface area contributed by atoms with Crippen molar-refractivity contribution >= 4 is 38.5 Å². The number of sulfonamides is 1. The molecular weight excluding hydrogens is 492 g/mol. The van der Waals surface area contributed by atoms with E-state index in [9.17, 15) is 18.5 Å². The van der Waals surface area contributed by atoms with E-state index in [2.05, 4.69) is 33.3 Å². The van der Waals surface area contributed by atoms with Gasteiger partial charge in [-0.2, -0.15) is 5.26 Å². The molecule has 1 unspecified atom stereocenters. The molecule has 37 heavy (non-hydrogen) atoms. The van der Waals surface area contributed by atoms with Crippen LogP contribution in [-0.4, -0.2) is 66.6 Å². The van der Waals surface area contributed by atoms with E-state index in [1.54, 1.807) is 18.2 Å². The molecule has 0 bridgehead atoms. The number of rotatable bonds is 8. The van der Waals surface area contributed by atoms with Gasteiger partial charge >= 0.3 is 0 Å². The molecule has 11 nitrogen and oxygen atoms in total. The van der Waals surface area contributed by atoms with Crippen LogP contribution < -0.4 is 15.4 Å². The molecule has 2 atom stereocenters. The van der Waals surface area contributed by atoms with Gasteiger partial charge in [0.25, 0.3) is 5.91 Å². The van der Waals surface area contributed by atoms with E-state index in [1.165, 1.54) is 19.4 Å². The molecule has 1 amide bonds. The zero-order chi connectivity index (χ0) is 26.7. The second kappa shape index (κ2) is 10.7. The number of carbonyl (C=O) groups is 1. The van der Waals surface area contributed by atoms with Crippen LogP contribution in [0.5, 0.6) is 0 Å². The van der Waals surface area contributed by atoms with E-state index >= 15 is 0 Å². The lowest BCUT2D eigenvalue weighted by Crippen LogP contribution is -2.45. The van der Waals surface area contributed by atoms with Crippen molar-refractivity contribution in [1.29, 1.82) is 5.26 Å². The first-order valence-corrected chi connectivity index (χ1v) is 14.0.